The van der Waals surface area contributed by atoms with Crippen molar-refractivity contribution in [3.63, 3.8) is 0 Å². The molecule has 0 bridgehead atoms. The van der Waals surface area contributed by atoms with E-state index in [9.17, 15) is 0 Å². The van der Waals surface area contributed by atoms with Crippen molar-refractivity contribution in [2.24, 2.45) is 0 Å². The molecule has 50 heavy (non-hydrogen) atoms. The van der Waals surface area contributed by atoms with Gasteiger partial charge < -0.3 is 0 Å². The molecule has 3 aromatic heterocycles. The van der Waals surface area contributed by atoms with Gasteiger partial charge in [0.05, 0.1) is 11.4 Å². The van der Waals surface area contributed by atoms with Gasteiger partial charge in [-0.2, -0.15) is 0 Å². The number of aromatic nitrogens is 2. The van der Waals surface area contributed by atoms with Crippen LogP contribution in [0.25, 0.3) is 96.5 Å². The zero-order valence-electron chi connectivity index (χ0n) is 26.9. The summed E-state index contributed by atoms with van der Waals surface area (Å²) in [5.74, 6) is 0.712. The third kappa shape index (κ3) is 4.92. The lowest BCUT2D eigenvalue weighted by atomic mass is 9.96. The van der Waals surface area contributed by atoms with E-state index in [4.69, 9.17) is 9.97 Å². The van der Waals surface area contributed by atoms with Gasteiger partial charge in [-0.15, -0.1) is 22.7 Å². The predicted molar refractivity (Wildman–Crippen MR) is 215 cm³/mol. The van der Waals surface area contributed by atoms with Crippen LogP contribution < -0.4 is 0 Å². The summed E-state index contributed by atoms with van der Waals surface area (Å²) in [5, 5.41) is 5.16. The summed E-state index contributed by atoms with van der Waals surface area (Å²) in [7, 11) is 0. The maximum Gasteiger partial charge on any atom is 0.160 e. The Labute approximate surface area is 297 Å². The highest BCUT2D eigenvalue weighted by atomic mass is 32.1. The van der Waals surface area contributed by atoms with Crippen molar-refractivity contribution < 1.29 is 0 Å². The monoisotopic (exact) mass is 672 g/mol. The molecule has 3 heterocycles. The van der Waals surface area contributed by atoms with Gasteiger partial charge in [-0.25, -0.2) is 9.97 Å². The highest BCUT2D eigenvalue weighted by molar-refractivity contribution is 7.26. The standard InChI is InChI=1S/C46H28N2S2/c1-2-11-30(12-3-1)33-13-4-5-14-34(33)40-28-41(38-18-10-17-37-35-15-6-9-20-43(35)50-45(37)38)48-46(47-40)31-23-21-29(22-24-31)32-25-26-44-39(27-32)36-16-7-8-19-42(36)49-44/h1-28H. The smallest absolute Gasteiger partial charge is 0.160 e. The molecular formula is C46H28N2S2. The third-order valence-corrected chi connectivity index (χ3v) is 11.9. The molecular weight excluding hydrogens is 645 g/mol. The quantitative estimate of drug-likeness (QED) is 0.182. The number of rotatable bonds is 5. The number of hydrogen-bond donors (Lipinski definition) is 0. The van der Waals surface area contributed by atoms with Crippen LogP contribution in [0.4, 0.5) is 0 Å². The lowest BCUT2D eigenvalue weighted by Crippen LogP contribution is -1.97. The van der Waals surface area contributed by atoms with Gasteiger partial charge >= 0.3 is 0 Å². The van der Waals surface area contributed by atoms with E-state index in [2.05, 4.69) is 170 Å². The highest BCUT2D eigenvalue weighted by Gasteiger charge is 2.17. The molecule has 0 aliphatic carbocycles. The van der Waals surface area contributed by atoms with Crippen LogP contribution in [0.15, 0.2) is 170 Å². The Balaban J connectivity index is 1.13. The van der Waals surface area contributed by atoms with E-state index in [1.807, 2.05) is 22.7 Å². The van der Waals surface area contributed by atoms with Crippen LogP contribution in [-0.2, 0) is 0 Å². The van der Waals surface area contributed by atoms with Crippen LogP contribution in [0.1, 0.15) is 0 Å². The molecule has 0 aliphatic rings. The summed E-state index contributed by atoms with van der Waals surface area (Å²) in [6.07, 6.45) is 0. The molecule has 0 aliphatic heterocycles. The fourth-order valence-corrected chi connectivity index (χ4v) is 9.41. The summed E-state index contributed by atoms with van der Waals surface area (Å²) in [5.41, 5.74) is 9.71. The Morgan fingerprint density at radius 1 is 0.320 bits per heavy atom. The SMILES string of the molecule is c1ccc(-c2ccccc2-c2cc(-c3cccc4c3sc3ccccc34)nc(-c3ccc(-c4ccc5sc6ccccc6c5c4)cc3)n2)cc1. The minimum absolute atomic E-state index is 0.712. The molecule has 0 radical (unpaired) electrons. The van der Waals surface area contributed by atoms with Gasteiger partial charge in [0.1, 0.15) is 0 Å². The fraction of sp³-hybridized carbons (Fsp3) is 0. The first-order valence-corrected chi connectivity index (χ1v) is 18.4. The molecule has 10 aromatic rings. The Morgan fingerprint density at radius 2 is 0.880 bits per heavy atom. The molecule has 0 fully saturated rings. The van der Waals surface area contributed by atoms with E-state index >= 15 is 0 Å². The maximum absolute atomic E-state index is 5.29. The van der Waals surface area contributed by atoms with Crippen molar-refractivity contribution in [3.05, 3.63) is 170 Å². The molecule has 0 amide bonds. The van der Waals surface area contributed by atoms with Gasteiger partial charge in [-0.1, -0.05) is 140 Å². The van der Waals surface area contributed by atoms with Crippen molar-refractivity contribution in [2.75, 3.05) is 0 Å². The van der Waals surface area contributed by atoms with E-state index in [0.29, 0.717) is 5.82 Å². The minimum Gasteiger partial charge on any atom is -0.228 e. The van der Waals surface area contributed by atoms with E-state index in [1.54, 1.807) is 0 Å². The lowest BCUT2D eigenvalue weighted by Gasteiger charge is -2.13. The average Bonchev–Trinajstić information content (AvgIpc) is 3.76. The van der Waals surface area contributed by atoms with Gasteiger partial charge in [0.25, 0.3) is 0 Å². The van der Waals surface area contributed by atoms with Crippen LogP contribution >= 0.6 is 22.7 Å². The lowest BCUT2D eigenvalue weighted by molar-refractivity contribution is 1.19. The van der Waals surface area contributed by atoms with E-state index in [-0.39, 0.29) is 0 Å². The van der Waals surface area contributed by atoms with Crippen LogP contribution in [0.3, 0.4) is 0 Å². The van der Waals surface area contributed by atoms with Crippen LogP contribution in [0.5, 0.6) is 0 Å². The van der Waals surface area contributed by atoms with Gasteiger partial charge in [0.15, 0.2) is 5.82 Å². The molecule has 0 saturated carbocycles. The van der Waals surface area contributed by atoms with Crippen molar-refractivity contribution >= 4 is 63.0 Å². The molecule has 0 N–H and O–H groups in total. The van der Waals surface area contributed by atoms with Crippen LogP contribution in [0, 0.1) is 0 Å². The minimum atomic E-state index is 0.712. The fourth-order valence-electron chi connectivity index (χ4n) is 7.09. The topological polar surface area (TPSA) is 25.8 Å². The molecule has 234 valence electrons. The van der Waals surface area contributed by atoms with E-state index < -0.39 is 0 Å². The van der Waals surface area contributed by atoms with Crippen LogP contribution in [-0.4, -0.2) is 9.97 Å². The van der Waals surface area contributed by atoms with Crippen LogP contribution in [0.2, 0.25) is 0 Å². The van der Waals surface area contributed by atoms with Gasteiger partial charge in [0.2, 0.25) is 0 Å². The molecule has 0 saturated heterocycles. The Morgan fingerprint density at radius 3 is 1.68 bits per heavy atom. The Kier molecular flexibility index (Phi) is 6.90. The second-order valence-electron chi connectivity index (χ2n) is 12.5. The zero-order chi connectivity index (χ0) is 33.0. The zero-order valence-corrected chi connectivity index (χ0v) is 28.5. The Hall–Kier alpha value is -5.94. The molecule has 0 unspecified atom stereocenters. The predicted octanol–water partition coefficient (Wildman–Crippen LogP) is 13.5. The van der Waals surface area contributed by atoms with Gasteiger partial charge in [-0.3, -0.25) is 0 Å². The van der Waals surface area contributed by atoms with E-state index in [1.165, 1.54) is 51.5 Å². The van der Waals surface area contributed by atoms with Crippen molar-refractivity contribution in [3.8, 4) is 56.2 Å². The second-order valence-corrected chi connectivity index (χ2v) is 14.7. The number of benzene rings is 7. The summed E-state index contributed by atoms with van der Waals surface area (Å²) >= 11 is 3.68. The summed E-state index contributed by atoms with van der Waals surface area (Å²) in [4.78, 5) is 10.6. The molecule has 4 heteroatoms. The van der Waals surface area contributed by atoms with Crippen molar-refractivity contribution in [2.45, 2.75) is 0 Å². The molecule has 2 nitrogen and oxygen atoms in total. The first-order chi connectivity index (χ1) is 24.8. The largest absolute Gasteiger partial charge is 0.228 e. The molecule has 0 spiro atoms. The number of nitrogens with zero attached hydrogens (tertiary/aromatic N) is 2. The number of hydrogen-bond acceptors (Lipinski definition) is 4. The highest BCUT2D eigenvalue weighted by Crippen LogP contribution is 2.42. The van der Waals surface area contributed by atoms with Crippen molar-refractivity contribution in [1.29, 1.82) is 0 Å². The van der Waals surface area contributed by atoms with E-state index in [0.717, 1.165) is 39.2 Å². The maximum atomic E-state index is 5.29. The Bertz CT molecular complexity index is 2860. The van der Waals surface area contributed by atoms with Crippen molar-refractivity contribution in [1.82, 2.24) is 9.97 Å². The summed E-state index contributed by atoms with van der Waals surface area (Å²) in [6, 6.07) is 60.7. The summed E-state index contributed by atoms with van der Waals surface area (Å²) < 4.78 is 5.16. The average molecular weight is 673 g/mol. The number of fused-ring (bicyclic) bond motifs is 6. The number of thiophene rings is 2. The molecule has 10 rings (SSSR count). The normalized spacial score (nSPS) is 11.6. The third-order valence-electron chi connectivity index (χ3n) is 9.55. The molecule has 0 atom stereocenters. The first-order valence-electron chi connectivity index (χ1n) is 16.7. The molecule has 7 aromatic carbocycles. The van der Waals surface area contributed by atoms with Gasteiger partial charge in [-0.05, 0) is 52.6 Å². The summed E-state index contributed by atoms with van der Waals surface area (Å²) in [6.45, 7) is 0. The van der Waals surface area contributed by atoms with Gasteiger partial charge in [0, 0.05) is 57.0 Å². The first kappa shape index (κ1) is 29.0. The second kappa shape index (κ2) is 11.9.